The van der Waals surface area contributed by atoms with Crippen LogP contribution in [0.15, 0.2) is 0 Å². The molecule has 0 saturated carbocycles. The second kappa shape index (κ2) is 6.49. The van der Waals surface area contributed by atoms with Crippen LogP contribution in [0, 0.1) is 23.2 Å². The van der Waals surface area contributed by atoms with Crippen LogP contribution in [-0.4, -0.2) is 31.4 Å². The highest BCUT2D eigenvalue weighted by Gasteiger charge is 2.44. The van der Waals surface area contributed by atoms with Gasteiger partial charge in [0.1, 0.15) is 6.23 Å². The minimum absolute atomic E-state index is 0.0165. The largest absolute Gasteiger partial charge is 0.365 e. The van der Waals surface area contributed by atoms with Gasteiger partial charge in [-0.05, 0) is 43.6 Å². The van der Waals surface area contributed by atoms with Crippen LogP contribution >= 0.6 is 11.6 Å². The summed E-state index contributed by atoms with van der Waals surface area (Å²) < 4.78 is 5.65. The second-order valence-corrected chi connectivity index (χ2v) is 8.02. The van der Waals surface area contributed by atoms with Gasteiger partial charge >= 0.3 is 0 Å². The third-order valence-electron chi connectivity index (χ3n) is 5.00. The Hall–Kier alpha value is 0.130. The van der Waals surface area contributed by atoms with Gasteiger partial charge in [0.05, 0.1) is 5.50 Å². The second-order valence-electron chi connectivity index (χ2n) is 7.49. The Morgan fingerprint density at radius 2 is 1.80 bits per heavy atom. The maximum absolute atomic E-state index is 6.31. The smallest absolute Gasteiger partial charge is 0.123 e. The first kappa shape index (κ1) is 16.5. The molecule has 0 radical (unpaired) electrons. The van der Waals surface area contributed by atoms with Crippen LogP contribution in [0.2, 0.25) is 0 Å². The fraction of sp³-hybridized carbons (Fsp3) is 1.00. The molecule has 0 amide bonds. The standard InChI is InChI=1S/C15H30ClN3O/c1-9-6-10(12(8-17-9)15(2,3)4)11-7-13(16)18-19-14(11)20-5/h9-14,17-19H,6-8H2,1-5H3. The van der Waals surface area contributed by atoms with Gasteiger partial charge in [-0.3, -0.25) is 0 Å². The van der Waals surface area contributed by atoms with E-state index in [4.69, 9.17) is 16.3 Å². The van der Waals surface area contributed by atoms with Crippen molar-refractivity contribution >= 4 is 11.6 Å². The Balaban J connectivity index is 2.19. The molecule has 0 aromatic carbocycles. The molecule has 2 saturated heterocycles. The fourth-order valence-corrected chi connectivity index (χ4v) is 4.16. The quantitative estimate of drug-likeness (QED) is 0.541. The van der Waals surface area contributed by atoms with E-state index in [0.717, 1.165) is 13.0 Å². The summed E-state index contributed by atoms with van der Waals surface area (Å²) in [6.07, 6.45) is 2.19. The molecule has 20 heavy (non-hydrogen) atoms. The average molecular weight is 304 g/mol. The van der Waals surface area contributed by atoms with E-state index in [0.29, 0.717) is 29.2 Å². The summed E-state index contributed by atoms with van der Waals surface area (Å²) in [4.78, 5) is 0. The third-order valence-corrected chi connectivity index (χ3v) is 5.28. The molecule has 0 aliphatic carbocycles. The predicted octanol–water partition coefficient (Wildman–Crippen LogP) is 2.30. The molecule has 2 aliphatic heterocycles. The van der Waals surface area contributed by atoms with E-state index in [1.54, 1.807) is 7.11 Å². The van der Waals surface area contributed by atoms with Gasteiger partial charge in [0.25, 0.3) is 0 Å². The van der Waals surface area contributed by atoms with Crippen LogP contribution in [-0.2, 0) is 4.74 Å². The van der Waals surface area contributed by atoms with Crippen molar-refractivity contribution in [3.63, 3.8) is 0 Å². The number of rotatable bonds is 2. The Labute approximate surface area is 128 Å². The van der Waals surface area contributed by atoms with Gasteiger partial charge < -0.3 is 10.1 Å². The molecule has 0 aromatic heterocycles. The number of ether oxygens (including phenoxy) is 1. The maximum Gasteiger partial charge on any atom is 0.123 e. The minimum atomic E-state index is -0.0165. The third kappa shape index (κ3) is 3.66. The van der Waals surface area contributed by atoms with Gasteiger partial charge in [0, 0.05) is 19.1 Å². The number of hydrogen-bond donors (Lipinski definition) is 3. The molecule has 6 unspecified atom stereocenters. The zero-order chi connectivity index (χ0) is 14.9. The first-order chi connectivity index (χ1) is 9.32. The van der Waals surface area contributed by atoms with Gasteiger partial charge in [-0.2, -0.15) is 0 Å². The molecule has 2 fully saturated rings. The Morgan fingerprint density at radius 1 is 1.10 bits per heavy atom. The lowest BCUT2D eigenvalue weighted by molar-refractivity contribution is -0.0676. The Morgan fingerprint density at radius 3 is 2.40 bits per heavy atom. The summed E-state index contributed by atoms with van der Waals surface area (Å²) in [5.74, 6) is 1.73. The van der Waals surface area contributed by atoms with Crippen LogP contribution < -0.4 is 16.2 Å². The number of alkyl halides is 1. The summed E-state index contributed by atoms with van der Waals surface area (Å²) in [5, 5.41) is 3.64. The lowest BCUT2D eigenvalue weighted by Gasteiger charge is -2.49. The average Bonchev–Trinajstić information content (AvgIpc) is 2.37. The summed E-state index contributed by atoms with van der Waals surface area (Å²) >= 11 is 6.31. The van der Waals surface area contributed by atoms with Crippen molar-refractivity contribution in [2.45, 2.75) is 58.3 Å². The summed E-state index contributed by atoms with van der Waals surface area (Å²) in [6.45, 7) is 10.4. The molecule has 2 heterocycles. The molecule has 6 atom stereocenters. The molecule has 4 nitrogen and oxygen atoms in total. The van der Waals surface area contributed by atoms with Crippen LogP contribution in [0.1, 0.15) is 40.5 Å². The highest BCUT2D eigenvalue weighted by atomic mass is 35.5. The lowest BCUT2D eigenvalue weighted by atomic mass is 9.64. The highest BCUT2D eigenvalue weighted by Crippen LogP contribution is 2.43. The molecule has 0 spiro atoms. The number of hydrogen-bond acceptors (Lipinski definition) is 4. The molecule has 0 aromatic rings. The first-order valence-corrected chi connectivity index (χ1v) is 8.18. The van der Waals surface area contributed by atoms with Crippen LogP contribution in [0.3, 0.4) is 0 Å². The van der Waals surface area contributed by atoms with E-state index in [9.17, 15) is 0 Å². The van der Waals surface area contributed by atoms with Crippen LogP contribution in [0.4, 0.5) is 0 Å². The lowest BCUT2D eigenvalue weighted by Crippen LogP contribution is -2.60. The number of nitrogens with one attached hydrogen (secondary N) is 3. The van der Waals surface area contributed by atoms with Crippen molar-refractivity contribution in [2.24, 2.45) is 23.2 Å². The van der Waals surface area contributed by atoms with E-state index in [1.165, 1.54) is 6.42 Å². The van der Waals surface area contributed by atoms with Crippen molar-refractivity contribution in [3.05, 3.63) is 0 Å². The normalized spacial score (nSPS) is 43.5. The van der Waals surface area contributed by atoms with Gasteiger partial charge in [-0.15, -0.1) is 11.6 Å². The summed E-state index contributed by atoms with van der Waals surface area (Å²) in [5.41, 5.74) is 6.60. The molecule has 2 rings (SSSR count). The van der Waals surface area contributed by atoms with Crippen molar-refractivity contribution in [1.29, 1.82) is 0 Å². The Bertz CT molecular complexity index is 321. The van der Waals surface area contributed by atoms with Crippen molar-refractivity contribution in [3.8, 4) is 0 Å². The minimum Gasteiger partial charge on any atom is -0.365 e. The Kier molecular flexibility index (Phi) is 5.35. The number of hydrazine groups is 1. The SMILES string of the molecule is COC1NNC(Cl)CC1C1CC(C)NCC1C(C)(C)C. The van der Waals surface area contributed by atoms with Crippen LogP contribution in [0.5, 0.6) is 0 Å². The maximum atomic E-state index is 6.31. The van der Waals surface area contributed by atoms with Gasteiger partial charge in [-0.1, -0.05) is 20.8 Å². The zero-order valence-electron chi connectivity index (χ0n) is 13.4. The highest BCUT2D eigenvalue weighted by molar-refractivity contribution is 6.20. The van der Waals surface area contributed by atoms with Gasteiger partial charge in [0.15, 0.2) is 0 Å². The van der Waals surface area contributed by atoms with E-state index >= 15 is 0 Å². The molecular weight excluding hydrogens is 274 g/mol. The number of piperidine rings is 1. The van der Waals surface area contributed by atoms with E-state index in [2.05, 4.69) is 43.9 Å². The molecular formula is C15H30ClN3O. The predicted molar refractivity (Wildman–Crippen MR) is 83.3 cm³/mol. The number of methoxy groups -OCH3 is 1. The van der Waals surface area contributed by atoms with E-state index in [-0.39, 0.29) is 11.7 Å². The summed E-state index contributed by atoms with van der Waals surface area (Å²) in [6, 6.07) is 0.569. The fourth-order valence-electron chi connectivity index (χ4n) is 3.89. The zero-order valence-corrected chi connectivity index (χ0v) is 14.1. The molecule has 0 bridgehead atoms. The molecule has 3 N–H and O–H groups in total. The molecule has 2 aliphatic rings. The van der Waals surface area contributed by atoms with Crippen molar-refractivity contribution in [1.82, 2.24) is 16.2 Å². The van der Waals surface area contributed by atoms with Crippen molar-refractivity contribution < 1.29 is 4.74 Å². The monoisotopic (exact) mass is 303 g/mol. The van der Waals surface area contributed by atoms with Gasteiger partial charge in [-0.25, -0.2) is 10.9 Å². The summed E-state index contributed by atoms with van der Waals surface area (Å²) in [7, 11) is 1.78. The molecule has 5 heteroatoms. The first-order valence-electron chi connectivity index (χ1n) is 7.74. The molecule has 118 valence electrons. The number of halogens is 1. The van der Waals surface area contributed by atoms with E-state index < -0.39 is 0 Å². The van der Waals surface area contributed by atoms with Gasteiger partial charge in [0.2, 0.25) is 0 Å². The van der Waals surface area contributed by atoms with E-state index in [1.807, 2.05) is 0 Å². The van der Waals surface area contributed by atoms with Crippen molar-refractivity contribution in [2.75, 3.05) is 13.7 Å². The topological polar surface area (TPSA) is 45.3 Å². The van der Waals surface area contributed by atoms with Crippen LogP contribution in [0.25, 0.3) is 0 Å².